The lowest BCUT2D eigenvalue weighted by Gasteiger charge is -2.15. The van der Waals surface area contributed by atoms with Crippen molar-refractivity contribution >= 4 is 73.8 Å². The molecule has 1 unspecified atom stereocenters. The van der Waals surface area contributed by atoms with Crippen LogP contribution in [-0.2, 0) is 30.7 Å². The number of benzene rings is 2. The van der Waals surface area contributed by atoms with Crippen molar-refractivity contribution in [2.45, 2.75) is 43.5 Å². The summed E-state index contributed by atoms with van der Waals surface area (Å²) in [5, 5.41) is 8.70. The van der Waals surface area contributed by atoms with E-state index in [4.69, 9.17) is 12.2 Å². The van der Waals surface area contributed by atoms with E-state index in [1.807, 2.05) is 18.6 Å². The van der Waals surface area contributed by atoms with Crippen LogP contribution in [0, 0.1) is 0 Å². The van der Waals surface area contributed by atoms with Crippen LogP contribution in [-0.4, -0.2) is 40.1 Å². The molecule has 5 N–H and O–H groups in total. The van der Waals surface area contributed by atoms with Crippen LogP contribution in [0.3, 0.4) is 0 Å². The Morgan fingerprint density at radius 2 is 1.54 bits per heavy atom. The Kier molecular flexibility index (Phi) is 9.65. The van der Waals surface area contributed by atoms with Crippen molar-refractivity contribution in [2.75, 3.05) is 10.6 Å². The molecule has 2 aromatic rings. The first kappa shape index (κ1) is 28.1. The average Bonchev–Trinajstić information content (AvgIpc) is 2.71. The number of carbonyl (C=O) groups excluding carboxylic acids is 2. The van der Waals surface area contributed by atoms with Crippen molar-refractivity contribution in [1.82, 2.24) is 10.0 Å². The predicted molar refractivity (Wildman–Crippen MR) is 141 cm³/mol. The van der Waals surface area contributed by atoms with E-state index in [0.717, 1.165) is 6.92 Å². The van der Waals surface area contributed by atoms with E-state index in [1.54, 1.807) is 12.1 Å². The Hall–Kier alpha value is -3.13. The van der Waals surface area contributed by atoms with Gasteiger partial charge in [0.2, 0.25) is 11.8 Å². The zero-order valence-electron chi connectivity index (χ0n) is 19.4. The fourth-order valence-corrected chi connectivity index (χ4v) is 5.08. The SMILES string of the molecule is CC(=O)Nc1ccc(/C=C/c2ccc(NC(=S)NC(C)C)cc2S(=O)(=O)NC(C)=O)c(S(=O)O)c1. The van der Waals surface area contributed by atoms with Crippen LogP contribution in [0.1, 0.15) is 38.8 Å². The lowest BCUT2D eigenvalue weighted by atomic mass is 10.1. The topological polar surface area (TPSA) is 154 Å². The average molecular weight is 539 g/mol. The van der Waals surface area contributed by atoms with Crippen molar-refractivity contribution in [3.63, 3.8) is 0 Å². The Labute approximate surface area is 211 Å². The summed E-state index contributed by atoms with van der Waals surface area (Å²) in [5.74, 6) is -1.10. The molecule has 0 fully saturated rings. The molecule has 0 saturated carbocycles. The second kappa shape index (κ2) is 12.0. The minimum absolute atomic E-state index is 0.0159. The smallest absolute Gasteiger partial charge is 0.264 e. The van der Waals surface area contributed by atoms with Crippen LogP contribution < -0.4 is 20.7 Å². The van der Waals surface area contributed by atoms with Gasteiger partial charge in [0.25, 0.3) is 10.0 Å². The molecular weight excluding hydrogens is 512 g/mol. The summed E-state index contributed by atoms with van der Waals surface area (Å²) >= 11 is 2.83. The third-order valence-electron chi connectivity index (χ3n) is 4.22. The maximum Gasteiger partial charge on any atom is 0.264 e. The first-order valence-corrected chi connectivity index (χ1v) is 13.2. The molecule has 0 aliphatic heterocycles. The highest BCUT2D eigenvalue weighted by molar-refractivity contribution is 7.90. The number of nitrogens with one attached hydrogen (secondary N) is 4. The minimum atomic E-state index is -4.23. The monoisotopic (exact) mass is 538 g/mol. The van der Waals surface area contributed by atoms with Crippen LogP contribution in [0.15, 0.2) is 46.2 Å². The molecule has 35 heavy (non-hydrogen) atoms. The summed E-state index contributed by atoms with van der Waals surface area (Å²) in [5.41, 5.74) is 1.25. The van der Waals surface area contributed by atoms with E-state index in [0.29, 0.717) is 22.1 Å². The summed E-state index contributed by atoms with van der Waals surface area (Å²) < 4.78 is 49.1. The van der Waals surface area contributed by atoms with E-state index in [1.165, 1.54) is 43.3 Å². The molecule has 0 aliphatic rings. The molecule has 0 spiro atoms. The van der Waals surface area contributed by atoms with Gasteiger partial charge in [-0.2, -0.15) is 0 Å². The number of rotatable bonds is 8. The Bertz CT molecular complexity index is 1310. The molecule has 2 rings (SSSR count). The maximum atomic E-state index is 12.8. The highest BCUT2D eigenvalue weighted by Crippen LogP contribution is 2.25. The van der Waals surface area contributed by atoms with Gasteiger partial charge in [-0.15, -0.1) is 0 Å². The largest absolute Gasteiger partial charge is 0.360 e. The van der Waals surface area contributed by atoms with Crippen LogP contribution >= 0.6 is 12.2 Å². The molecule has 0 saturated heterocycles. The molecule has 0 heterocycles. The maximum absolute atomic E-state index is 12.8. The molecule has 0 aliphatic carbocycles. The van der Waals surface area contributed by atoms with Crippen molar-refractivity contribution < 1.29 is 26.8 Å². The third-order valence-corrected chi connectivity index (χ3v) is 6.66. The van der Waals surface area contributed by atoms with Gasteiger partial charge in [-0.3, -0.25) is 9.59 Å². The fraction of sp³-hybridized carbons (Fsp3) is 0.227. The molecule has 0 radical (unpaired) electrons. The molecule has 0 aromatic heterocycles. The van der Waals surface area contributed by atoms with Crippen LogP contribution in [0.25, 0.3) is 12.2 Å². The second-order valence-corrected chi connectivity index (χ2v) is 10.7. The van der Waals surface area contributed by atoms with Gasteiger partial charge < -0.3 is 20.5 Å². The predicted octanol–water partition coefficient (Wildman–Crippen LogP) is 2.92. The molecule has 2 amide bonds. The summed E-state index contributed by atoms with van der Waals surface area (Å²) in [6, 6.07) is 8.90. The van der Waals surface area contributed by atoms with Gasteiger partial charge in [0.15, 0.2) is 16.2 Å². The van der Waals surface area contributed by atoms with Crippen molar-refractivity contribution in [3.05, 3.63) is 47.5 Å². The zero-order chi connectivity index (χ0) is 26.3. The van der Waals surface area contributed by atoms with E-state index in [2.05, 4.69) is 16.0 Å². The highest BCUT2D eigenvalue weighted by Gasteiger charge is 2.20. The number of amides is 2. The Morgan fingerprint density at radius 1 is 0.971 bits per heavy atom. The Morgan fingerprint density at radius 3 is 2.09 bits per heavy atom. The molecule has 10 nitrogen and oxygen atoms in total. The molecule has 0 bridgehead atoms. The standard InChI is InChI=1S/C22H26N4O6S3/c1-13(2)23-22(33)25-19-10-8-17(21(12-19)35(31,32)26-15(4)28)6-5-16-7-9-18(24-14(3)27)11-20(16)34(29)30/h5-13H,1-4H3,(H,24,27)(H,26,28)(H,29,30)(H2,23,25,33)/b6-5+. The van der Waals surface area contributed by atoms with E-state index in [9.17, 15) is 26.8 Å². The third kappa shape index (κ3) is 8.55. The van der Waals surface area contributed by atoms with Gasteiger partial charge in [0.05, 0.1) is 9.79 Å². The van der Waals surface area contributed by atoms with Crippen molar-refractivity contribution in [1.29, 1.82) is 0 Å². The zero-order valence-corrected chi connectivity index (χ0v) is 21.9. The van der Waals surface area contributed by atoms with Gasteiger partial charge >= 0.3 is 0 Å². The van der Waals surface area contributed by atoms with Gasteiger partial charge in [-0.05, 0) is 61.5 Å². The number of hydrogen-bond donors (Lipinski definition) is 5. The summed E-state index contributed by atoms with van der Waals surface area (Å²) in [7, 11) is -4.23. The fourth-order valence-electron chi connectivity index (χ4n) is 2.94. The van der Waals surface area contributed by atoms with E-state index < -0.39 is 27.0 Å². The lowest BCUT2D eigenvalue weighted by molar-refractivity contribution is -0.117. The number of hydrogen-bond acceptors (Lipinski definition) is 6. The second-order valence-electron chi connectivity index (χ2n) is 7.68. The molecule has 13 heteroatoms. The number of thiocarbonyl (C=S) groups is 1. The number of carbonyl (C=O) groups is 2. The molecular formula is C22H26N4O6S3. The van der Waals surface area contributed by atoms with Crippen molar-refractivity contribution in [3.8, 4) is 0 Å². The molecule has 188 valence electrons. The van der Waals surface area contributed by atoms with Gasteiger partial charge in [0, 0.05) is 31.3 Å². The van der Waals surface area contributed by atoms with E-state index in [-0.39, 0.29) is 27.3 Å². The molecule has 1 atom stereocenters. The van der Waals surface area contributed by atoms with Crippen LogP contribution in [0.2, 0.25) is 0 Å². The summed E-state index contributed by atoms with van der Waals surface area (Å²) in [6.07, 6.45) is 2.90. The molecule has 2 aromatic carbocycles. The quantitative estimate of drug-likeness (QED) is 0.194. The van der Waals surface area contributed by atoms with Crippen LogP contribution in [0.4, 0.5) is 11.4 Å². The summed E-state index contributed by atoms with van der Waals surface area (Å²) in [4.78, 5) is 22.6. The minimum Gasteiger partial charge on any atom is -0.360 e. The van der Waals surface area contributed by atoms with Gasteiger partial charge in [-0.1, -0.05) is 24.3 Å². The van der Waals surface area contributed by atoms with E-state index >= 15 is 0 Å². The summed E-state index contributed by atoms with van der Waals surface area (Å²) in [6.45, 7) is 6.18. The van der Waals surface area contributed by atoms with Gasteiger partial charge in [0.1, 0.15) is 0 Å². The van der Waals surface area contributed by atoms with Crippen molar-refractivity contribution in [2.24, 2.45) is 0 Å². The highest BCUT2D eigenvalue weighted by atomic mass is 32.2. The number of anilines is 2. The first-order chi connectivity index (χ1) is 16.3. The van der Waals surface area contributed by atoms with Gasteiger partial charge in [-0.25, -0.2) is 17.3 Å². The normalized spacial score (nSPS) is 12.3. The number of sulfonamides is 1. The van der Waals surface area contributed by atoms with Crippen LogP contribution in [0.5, 0.6) is 0 Å². The first-order valence-electron chi connectivity index (χ1n) is 10.2. The lowest BCUT2D eigenvalue weighted by Crippen LogP contribution is -2.34. The Balaban J connectivity index is 2.52.